The largest absolute Gasteiger partial charge is 0.372 e. The summed E-state index contributed by atoms with van der Waals surface area (Å²) in [5.41, 5.74) is 2.44. The molecule has 3 rings (SSSR count). The average Bonchev–Trinajstić information content (AvgIpc) is 2.99. The molecular weight excluding hydrogens is 360 g/mol. The Morgan fingerprint density at radius 2 is 1.89 bits per heavy atom. The van der Waals surface area contributed by atoms with Gasteiger partial charge in [-0.3, -0.25) is 0 Å². The van der Waals surface area contributed by atoms with Gasteiger partial charge in [0, 0.05) is 31.4 Å². The van der Waals surface area contributed by atoms with Crippen molar-refractivity contribution < 1.29 is 8.42 Å². The van der Waals surface area contributed by atoms with Gasteiger partial charge in [0.1, 0.15) is 0 Å². The van der Waals surface area contributed by atoms with Crippen LogP contribution in [0.15, 0.2) is 29.3 Å². The summed E-state index contributed by atoms with van der Waals surface area (Å²) < 4.78 is 23.3. The van der Waals surface area contributed by atoms with Gasteiger partial charge < -0.3 is 15.5 Å². The minimum atomic E-state index is -2.89. The molecule has 150 valence electrons. The van der Waals surface area contributed by atoms with Gasteiger partial charge >= 0.3 is 0 Å². The van der Waals surface area contributed by atoms with Crippen molar-refractivity contribution in [3.05, 3.63) is 29.8 Å². The second kappa shape index (κ2) is 8.95. The summed E-state index contributed by atoms with van der Waals surface area (Å²) in [7, 11) is -2.89. The lowest BCUT2D eigenvalue weighted by atomic mass is 9.99. The number of rotatable bonds is 5. The van der Waals surface area contributed by atoms with Gasteiger partial charge in [-0.25, -0.2) is 13.4 Å². The molecule has 0 radical (unpaired) electrons. The number of piperidine rings is 1. The second-order valence-corrected chi connectivity index (χ2v) is 10.0. The van der Waals surface area contributed by atoms with Crippen molar-refractivity contribution in [1.82, 2.24) is 10.6 Å². The first-order chi connectivity index (χ1) is 12.9. The van der Waals surface area contributed by atoms with Crippen LogP contribution in [-0.4, -0.2) is 51.6 Å². The molecule has 7 heteroatoms. The summed E-state index contributed by atoms with van der Waals surface area (Å²) in [6, 6.07) is 8.60. The number of aliphatic imine (C=N–C) groups is 1. The Hall–Kier alpha value is -1.76. The minimum Gasteiger partial charge on any atom is -0.372 e. The Kier molecular flexibility index (Phi) is 6.63. The molecule has 1 atom stereocenters. The van der Waals surface area contributed by atoms with E-state index in [4.69, 9.17) is 0 Å². The molecule has 27 heavy (non-hydrogen) atoms. The topological polar surface area (TPSA) is 73.8 Å². The van der Waals surface area contributed by atoms with Crippen molar-refractivity contribution in [3.63, 3.8) is 0 Å². The quantitative estimate of drug-likeness (QED) is 0.593. The van der Waals surface area contributed by atoms with Crippen LogP contribution >= 0.6 is 0 Å². The van der Waals surface area contributed by atoms with Crippen molar-refractivity contribution in [3.8, 4) is 0 Å². The maximum Gasteiger partial charge on any atom is 0.191 e. The Morgan fingerprint density at radius 1 is 1.19 bits per heavy atom. The summed E-state index contributed by atoms with van der Waals surface area (Å²) in [5, 5.41) is 6.47. The third kappa shape index (κ3) is 5.86. The second-order valence-electron chi connectivity index (χ2n) is 7.78. The van der Waals surface area contributed by atoms with E-state index in [1.807, 2.05) is 6.92 Å². The van der Waals surface area contributed by atoms with E-state index in [2.05, 4.69) is 51.7 Å². The van der Waals surface area contributed by atoms with Crippen molar-refractivity contribution in [2.45, 2.75) is 45.7 Å². The number of anilines is 1. The molecule has 0 saturated carbocycles. The van der Waals surface area contributed by atoms with E-state index in [1.54, 1.807) is 0 Å². The number of hydrogen-bond acceptors (Lipinski definition) is 4. The van der Waals surface area contributed by atoms with Crippen molar-refractivity contribution >= 4 is 21.5 Å². The molecule has 1 aromatic carbocycles. The van der Waals surface area contributed by atoms with E-state index in [1.165, 1.54) is 18.5 Å². The predicted molar refractivity (Wildman–Crippen MR) is 112 cm³/mol. The highest BCUT2D eigenvalue weighted by molar-refractivity contribution is 7.91. The fourth-order valence-electron chi connectivity index (χ4n) is 3.67. The van der Waals surface area contributed by atoms with E-state index in [-0.39, 0.29) is 17.5 Å². The van der Waals surface area contributed by atoms with Crippen LogP contribution in [0.1, 0.15) is 38.7 Å². The molecular formula is C20H32N4O2S. The molecule has 0 aromatic heterocycles. The van der Waals surface area contributed by atoms with Crippen LogP contribution in [0.25, 0.3) is 0 Å². The van der Waals surface area contributed by atoms with Crippen molar-refractivity contribution in [2.24, 2.45) is 10.9 Å². The fraction of sp³-hybridized carbons (Fsp3) is 0.650. The van der Waals surface area contributed by atoms with Gasteiger partial charge in [0.2, 0.25) is 0 Å². The van der Waals surface area contributed by atoms with Gasteiger partial charge in [0.15, 0.2) is 15.8 Å². The smallest absolute Gasteiger partial charge is 0.191 e. The Bertz CT molecular complexity index is 738. The molecule has 2 aliphatic heterocycles. The lowest BCUT2D eigenvalue weighted by molar-refractivity contribution is 0.438. The normalized spacial score (nSPS) is 23.4. The van der Waals surface area contributed by atoms with E-state index in [0.29, 0.717) is 18.9 Å². The zero-order valence-electron chi connectivity index (χ0n) is 16.4. The third-order valence-electron chi connectivity index (χ3n) is 5.42. The maximum absolute atomic E-state index is 11.6. The molecule has 2 saturated heterocycles. The van der Waals surface area contributed by atoms with Crippen LogP contribution in [-0.2, 0) is 16.4 Å². The summed E-state index contributed by atoms with van der Waals surface area (Å²) >= 11 is 0. The molecule has 0 spiro atoms. The number of nitrogens with one attached hydrogen (secondary N) is 2. The molecule has 1 aromatic rings. The first-order valence-electron chi connectivity index (χ1n) is 10.0. The fourth-order valence-corrected chi connectivity index (χ4v) is 5.34. The Morgan fingerprint density at radius 3 is 2.48 bits per heavy atom. The molecule has 0 amide bonds. The molecule has 2 aliphatic rings. The predicted octanol–water partition coefficient (Wildman–Crippen LogP) is 2.17. The van der Waals surface area contributed by atoms with E-state index < -0.39 is 9.84 Å². The van der Waals surface area contributed by atoms with E-state index in [0.717, 1.165) is 31.1 Å². The van der Waals surface area contributed by atoms with Crippen molar-refractivity contribution in [1.29, 1.82) is 0 Å². The Balaban J connectivity index is 1.57. The first kappa shape index (κ1) is 20.0. The summed E-state index contributed by atoms with van der Waals surface area (Å²) in [5.74, 6) is 1.98. The zero-order chi connectivity index (χ0) is 19.3. The van der Waals surface area contributed by atoms with Gasteiger partial charge in [-0.2, -0.15) is 0 Å². The van der Waals surface area contributed by atoms with Crippen LogP contribution in [0, 0.1) is 5.92 Å². The van der Waals surface area contributed by atoms with Crippen LogP contribution in [0.2, 0.25) is 0 Å². The summed E-state index contributed by atoms with van der Waals surface area (Å²) in [6.45, 7) is 7.94. The molecule has 2 fully saturated rings. The van der Waals surface area contributed by atoms with Gasteiger partial charge in [0.05, 0.1) is 18.1 Å². The highest BCUT2D eigenvalue weighted by Crippen LogP contribution is 2.23. The van der Waals surface area contributed by atoms with Gasteiger partial charge in [-0.15, -0.1) is 0 Å². The highest BCUT2D eigenvalue weighted by atomic mass is 32.2. The molecule has 1 unspecified atom stereocenters. The minimum absolute atomic E-state index is 0.0448. The molecule has 2 N–H and O–H groups in total. The number of hydrogen-bond donors (Lipinski definition) is 2. The highest BCUT2D eigenvalue weighted by Gasteiger charge is 2.28. The third-order valence-corrected chi connectivity index (χ3v) is 7.19. The summed E-state index contributed by atoms with van der Waals surface area (Å²) in [4.78, 5) is 7.09. The van der Waals surface area contributed by atoms with Crippen LogP contribution < -0.4 is 15.5 Å². The maximum atomic E-state index is 11.6. The van der Waals surface area contributed by atoms with Gasteiger partial charge in [-0.1, -0.05) is 19.1 Å². The van der Waals surface area contributed by atoms with E-state index in [9.17, 15) is 8.42 Å². The number of nitrogens with zero attached hydrogens (tertiary/aromatic N) is 2. The lowest BCUT2D eigenvalue weighted by Gasteiger charge is -2.32. The molecule has 6 nitrogen and oxygen atoms in total. The monoisotopic (exact) mass is 392 g/mol. The zero-order valence-corrected chi connectivity index (χ0v) is 17.3. The van der Waals surface area contributed by atoms with Gasteiger partial charge in [-0.05, 0) is 49.8 Å². The number of sulfone groups is 1. The number of guanidine groups is 1. The summed E-state index contributed by atoms with van der Waals surface area (Å²) in [6.07, 6.45) is 3.18. The van der Waals surface area contributed by atoms with Crippen molar-refractivity contribution in [2.75, 3.05) is 36.0 Å². The van der Waals surface area contributed by atoms with Gasteiger partial charge in [0.25, 0.3) is 0 Å². The van der Waals surface area contributed by atoms with Crippen LogP contribution in [0.5, 0.6) is 0 Å². The first-order valence-corrected chi connectivity index (χ1v) is 11.9. The van der Waals surface area contributed by atoms with Crippen LogP contribution in [0.3, 0.4) is 0 Å². The standard InChI is InChI=1S/C20H32N4O2S/c1-3-21-20(23-18-10-13-27(25,26)15-18)22-14-17-4-6-19(7-5-17)24-11-8-16(2)9-12-24/h4-7,16,18H,3,8-15H2,1-2H3,(H2,21,22,23). The van der Waals surface area contributed by atoms with Crippen LogP contribution in [0.4, 0.5) is 5.69 Å². The SMILES string of the molecule is CCNC(=NCc1ccc(N2CCC(C)CC2)cc1)NC1CCS(=O)(=O)C1. The molecule has 0 aliphatic carbocycles. The molecule has 0 bridgehead atoms. The lowest BCUT2D eigenvalue weighted by Crippen LogP contribution is -2.44. The number of benzene rings is 1. The average molecular weight is 393 g/mol. The van der Waals surface area contributed by atoms with E-state index >= 15 is 0 Å². The Labute approximate surface area is 163 Å². The molecule has 2 heterocycles.